The Hall–Kier alpha value is -1.73. The molecule has 1 heterocycles. The van der Waals surface area contributed by atoms with Crippen molar-refractivity contribution in [2.75, 3.05) is 0 Å². The molecule has 0 aromatic carbocycles. The van der Waals surface area contributed by atoms with E-state index in [1.807, 2.05) is 12.2 Å². The molecule has 1 saturated heterocycles. The molecule has 0 bridgehead atoms. The molecular formula is C22H34O6. The molecule has 6 heteroatoms. The van der Waals surface area contributed by atoms with Gasteiger partial charge in [-0.3, -0.25) is 4.79 Å². The van der Waals surface area contributed by atoms with Crippen LogP contribution in [0, 0.1) is 0 Å². The number of carbonyl (C=O) groups is 1. The first-order valence-corrected chi connectivity index (χ1v) is 9.98. The largest absolute Gasteiger partial charge is 0.481 e. The van der Waals surface area contributed by atoms with Gasteiger partial charge >= 0.3 is 5.97 Å². The van der Waals surface area contributed by atoms with Gasteiger partial charge in [0.1, 0.15) is 6.10 Å². The average molecular weight is 395 g/mol. The number of aliphatic carboxylic acids is 1. The molecular weight excluding hydrogens is 360 g/mol. The van der Waals surface area contributed by atoms with E-state index in [-0.39, 0.29) is 12.8 Å². The second-order valence-electron chi connectivity index (χ2n) is 6.92. The van der Waals surface area contributed by atoms with Crippen molar-refractivity contribution < 1.29 is 30.0 Å². The third kappa shape index (κ3) is 10.6. The van der Waals surface area contributed by atoms with Crippen molar-refractivity contribution in [3.8, 4) is 0 Å². The second kappa shape index (κ2) is 14.3. The van der Waals surface area contributed by atoms with E-state index in [9.17, 15) is 20.1 Å². The van der Waals surface area contributed by atoms with Gasteiger partial charge in [-0.05, 0) is 32.1 Å². The van der Waals surface area contributed by atoms with Crippen LogP contribution >= 0.6 is 0 Å². The molecule has 28 heavy (non-hydrogen) atoms. The first-order valence-electron chi connectivity index (χ1n) is 9.98. The molecule has 0 amide bonds. The van der Waals surface area contributed by atoms with Crippen LogP contribution in [0.25, 0.3) is 0 Å². The molecule has 4 N–H and O–H groups in total. The summed E-state index contributed by atoms with van der Waals surface area (Å²) in [5, 5.41) is 38.6. The number of hydrogen-bond donors (Lipinski definition) is 4. The highest BCUT2D eigenvalue weighted by atomic mass is 16.5. The Balaban J connectivity index is 2.31. The van der Waals surface area contributed by atoms with Gasteiger partial charge in [0.2, 0.25) is 0 Å². The monoisotopic (exact) mass is 394 g/mol. The third-order valence-electron chi connectivity index (χ3n) is 4.45. The fraction of sp³-hybridized carbons (Fsp3) is 0.591. The first kappa shape index (κ1) is 24.3. The van der Waals surface area contributed by atoms with Crippen LogP contribution in [0.3, 0.4) is 0 Å². The van der Waals surface area contributed by atoms with Gasteiger partial charge in [-0.1, -0.05) is 55.5 Å². The summed E-state index contributed by atoms with van der Waals surface area (Å²) >= 11 is 0. The summed E-state index contributed by atoms with van der Waals surface area (Å²) < 4.78 is 5.67. The van der Waals surface area contributed by atoms with Crippen LogP contribution in [-0.2, 0) is 9.53 Å². The summed E-state index contributed by atoms with van der Waals surface area (Å²) in [6.45, 7) is 2.10. The zero-order valence-corrected chi connectivity index (χ0v) is 16.6. The fourth-order valence-corrected chi connectivity index (χ4v) is 2.84. The molecule has 0 aliphatic carbocycles. The van der Waals surface area contributed by atoms with Crippen molar-refractivity contribution in [3.05, 3.63) is 48.6 Å². The lowest BCUT2D eigenvalue weighted by Gasteiger charge is -2.16. The summed E-state index contributed by atoms with van der Waals surface area (Å²) in [5.74, 6) is -0.968. The minimum absolute atomic E-state index is 0.106. The topological polar surface area (TPSA) is 107 Å². The van der Waals surface area contributed by atoms with E-state index in [1.54, 1.807) is 0 Å². The highest BCUT2D eigenvalue weighted by molar-refractivity contribution is 5.66. The fourth-order valence-electron chi connectivity index (χ4n) is 2.84. The first-order chi connectivity index (χ1) is 13.4. The molecule has 6 nitrogen and oxygen atoms in total. The highest BCUT2D eigenvalue weighted by Gasteiger charge is 2.35. The van der Waals surface area contributed by atoms with Crippen LogP contribution in [0.5, 0.6) is 0 Å². The zero-order chi connectivity index (χ0) is 20.8. The van der Waals surface area contributed by atoms with Crippen molar-refractivity contribution in [1.29, 1.82) is 0 Å². The van der Waals surface area contributed by atoms with E-state index in [0.717, 1.165) is 19.3 Å². The van der Waals surface area contributed by atoms with Crippen LogP contribution in [0.2, 0.25) is 0 Å². The van der Waals surface area contributed by atoms with Gasteiger partial charge in [0.05, 0.1) is 24.4 Å². The number of aliphatic hydroxyl groups is 3. The quantitative estimate of drug-likeness (QED) is 0.358. The third-order valence-corrected chi connectivity index (χ3v) is 4.45. The van der Waals surface area contributed by atoms with E-state index in [0.29, 0.717) is 12.8 Å². The smallest absolute Gasteiger partial charge is 0.303 e. The molecule has 0 spiro atoms. The molecule has 158 valence electrons. The van der Waals surface area contributed by atoms with Crippen molar-refractivity contribution >= 4 is 5.97 Å². The number of allylic oxidation sites excluding steroid dienone is 5. The predicted molar refractivity (Wildman–Crippen MR) is 109 cm³/mol. The van der Waals surface area contributed by atoms with Crippen molar-refractivity contribution in [2.45, 2.75) is 82.4 Å². The van der Waals surface area contributed by atoms with Gasteiger partial charge in [0.25, 0.3) is 0 Å². The summed E-state index contributed by atoms with van der Waals surface area (Å²) in [6.07, 6.45) is 15.4. The maximum absolute atomic E-state index is 10.5. The highest BCUT2D eigenvalue weighted by Crippen LogP contribution is 2.25. The number of aliphatic hydroxyl groups excluding tert-OH is 3. The lowest BCUT2D eigenvalue weighted by molar-refractivity contribution is -0.137. The maximum Gasteiger partial charge on any atom is 0.303 e. The van der Waals surface area contributed by atoms with Gasteiger partial charge in [-0.2, -0.15) is 0 Å². The Morgan fingerprint density at radius 3 is 2.39 bits per heavy atom. The second-order valence-corrected chi connectivity index (χ2v) is 6.92. The Morgan fingerprint density at radius 1 is 1.11 bits per heavy atom. The summed E-state index contributed by atoms with van der Waals surface area (Å²) in [6, 6.07) is 0. The SMILES string of the molecule is CC/C=C\C/C=C\C/C=C\C[C@@H](O)[C@@H]1C[C@H](O)[C@H](/C=C/[C@@H](O)CCC(=O)O)O1. The van der Waals surface area contributed by atoms with E-state index in [2.05, 4.69) is 31.2 Å². The van der Waals surface area contributed by atoms with E-state index >= 15 is 0 Å². The Labute approximate surface area is 167 Å². The molecule has 0 aromatic rings. The van der Waals surface area contributed by atoms with Gasteiger partial charge < -0.3 is 25.2 Å². The number of rotatable bonds is 13. The molecule has 1 rings (SSSR count). The van der Waals surface area contributed by atoms with Crippen molar-refractivity contribution in [1.82, 2.24) is 0 Å². The molecule has 0 aromatic heterocycles. The summed E-state index contributed by atoms with van der Waals surface area (Å²) in [4.78, 5) is 10.5. The molecule has 0 radical (unpaired) electrons. The van der Waals surface area contributed by atoms with Gasteiger partial charge in [0.15, 0.2) is 0 Å². The molecule has 0 unspecified atom stereocenters. The number of carboxylic acids is 1. The van der Waals surface area contributed by atoms with E-state index < -0.39 is 36.5 Å². The van der Waals surface area contributed by atoms with Gasteiger partial charge in [-0.25, -0.2) is 0 Å². The number of carboxylic acid groups (broad SMARTS) is 1. The molecule has 0 saturated carbocycles. The summed E-state index contributed by atoms with van der Waals surface area (Å²) in [7, 11) is 0. The predicted octanol–water partition coefficient (Wildman–Crippen LogP) is 2.90. The Bertz CT molecular complexity index is 551. The van der Waals surface area contributed by atoms with Crippen molar-refractivity contribution in [2.24, 2.45) is 0 Å². The zero-order valence-electron chi connectivity index (χ0n) is 16.6. The molecule has 1 aliphatic rings. The van der Waals surface area contributed by atoms with Crippen LogP contribution in [0.1, 0.15) is 51.9 Å². The normalized spacial score (nSPS) is 25.5. The lowest BCUT2D eigenvalue weighted by Crippen LogP contribution is -2.25. The number of ether oxygens (including phenoxy) is 1. The van der Waals surface area contributed by atoms with Crippen molar-refractivity contribution in [3.63, 3.8) is 0 Å². The average Bonchev–Trinajstić information content (AvgIpc) is 3.04. The minimum atomic E-state index is -0.968. The van der Waals surface area contributed by atoms with Crippen LogP contribution in [-0.4, -0.2) is 56.9 Å². The minimum Gasteiger partial charge on any atom is -0.481 e. The standard InChI is InChI=1S/C22H34O6/c1-2-3-4-5-6-7-8-9-10-11-18(24)21-16-19(25)20(28-21)14-12-17(23)13-15-22(26)27/h3-4,6-7,9-10,12,14,17-21,23-25H,2,5,8,11,13,15-16H2,1H3,(H,26,27)/b4-3-,7-6-,10-9-,14-12+/t17-,18-,19+,20+,21+/m1/s1. The molecule has 5 atom stereocenters. The lowest BCUT2D eigenvalue weighted by atomic mass is 10.0. The van der Waals surface area contributed by atoms with Gasteiger partial charge in [0, 0.05) is 12.8 Å². The number of hydrogen-bond acceptors (Lipinski definition) is 5. The Morgan fingerprint density at radius 2 is 1.75 bits per heavy atom. The molecule has 1 fully saturated rings. The van der Waals surface area contributed by atoms with Crippen LogP contribution in [0.15, 0.2) is 48.6 Å². The van der Waals surface area contributed by atoms with Crippen LogP contribution in [0.4, 0.5) is 0 Å². The molecule has 1 aliphatic heterocycles. The van der Waals surface area contributed by atoms with Crippen LogP contribution < -0.4 is 0 Å². The van der Waals surface area contributed by atoms with E-state index in [4.69, 9.17) is 9.84 Å². The van der Waals surface area contributed by atoms with E-state index in [1.165, 1.54) is 12.2 Å². The summed E-state index contributed by atoms with van der Waals surface area (Å²) in [5.41, 5.74) is 0. The maximum atomic E-state index is 10.5. The Kier molecular flexibility index (Phi) is 12.4. The van der Waals surface area contributed by atoms with Gasteiger partial charge in [-0.15, -0.1) is 0 Å².